The van der Waals surface area contributed by atoms with Gasteiger partial charge in [0, 0.05) is 50.2 Å². The van der Waals surface area contributed by atoms with Gasteiger partial charge >= 0.3 is 12.2 Å². The fourth-order valence-electron chi connectivity index (χ4n) is 5.13. The molecule has 1 aliphatic heterocycles. The molecule has 2 aromatic rings. The third-order valence-corrected chi connectivity index (χ3v) is 8.83. The van der Waals surface area contributed by atoms with E-state index in [-0.39, 0.29) is 36.1 Å². The van der Waals surface area contributed by atoms with Crippen LogP contribution in [0.1, 0.15) is 67.6 Å². The predicted molar refractivity (Wildman–Crippen MR) is 177 cm³/mol. The van der Waals surface area contributed by atoms with Crippen molar-refractivity contribution in [1.82, 2.24) is 15.5 Å². The second-order valence-electron chi connectivity index (χ2n) is 12.6. The Bertz CT molecular complexity index is 1490. The van der Waals surface area contributed by atoms with E-state index in [9.17, 15) is 22.8 Å². The molecule has 1 fully saturated rings. The Morgan fingerprint density at radius 2 is 1.85 bits per heavy atom. The van der Waals surface area contributed by atoms with Crippen molar-refractivity contribution >= 4 is 39.5 Å². The summed E-state index contributed by atoms with van der Waals surface area (Å²) in [5.74, 6) is -0.337. The zero-order valence-corrected chi connectivity index (χ0v) is 29.4. The largest absolute Gasteiger partial charge is 0.453 e. The fourth-order valence-corrected chi connectivity index (χ4v) is 6.02. The van der Waals surface area contributed by atoms with Crippen LogP contribution >= 0.6 is 11.6 Å². The molecular weight excluding hydrogens is 650 g/mol. The molecular formula is C33H46ClN3O9S. The van der Waals surface area contributed by atoms with E-state index in [0.717, 1.165) is 19.1 Å². The van der Waals surface area contributed by atoms with Crippen LogP contribution in [0.2, 0.25) is 5.02 Å². The number of hydrogen-bond acceptors (Lipinski definition) is 9. The molecule has 1 unspecified atom stereocenters. The summed E-state index contributed by atoms with van der Waals surface area (Å²) in [7, 11) is -0.872. The molecule has 1 aliphatic rings. The normalized spacial score (nSPS) is 16.4. The van der Waals surface area contributed by atoms with Gasteiger partial charge in [0.25, 0.3) is 5.91 Å². The van der Waals surface area contributed by atoms with Gasteiger partial charge in [0.05, 0.1) is 24.7 Å². The highest BCUT2D eigenvalue weighted by Gasteiger charge is 2.29. The molecule has 0 aliphatic carbocycles. The number of carbonyl (C=O) groups excluding carboxylic acids is 3. The lowest BCUT2D eigenvalue weighted by atomic mass is 9.93. The summed E-state index contributed by atoms with van der Waals surface area (Å²) in [6.07, 6.45) is 1.51. The smallest absolute Gasteiger partial charge is 0.410 e. The zero-order valence-electron chi connectivity index (χ0n) is 27.8. The first-order valence-corrected chi connectivity index (χ1v) is 17.7. The standard InChI is InChI=1S/C33H46ClN3O9S/c1-33(2,3)46-32(40)37(4)27(15-22-9-8-13-44-21-22)20-36-30(38)25-16-24(18-28(19-25)47(6,41)42)29(23-10-7-11-26(34)17-23)45-14-12-35-31(39)43-5/h7,10-11,16-19,22,27,29H,8-9,12-15,20-21H2,1-6H3,(H,35,39)(H,36,38)/t22-,27+,29?/m1/s1. The van der Waals surface area contributed by atoms with Gasteiger partial charge in [-0.15, -0.1) is 0 Å². The highest BCUT2D eigenvalue weighted by atomic mass is 35.5. The number of hydrogen-bond donors (Lipinski definition) is 2. The quantitative estimate of drug-likeness (QED) is 0.277. The highest BCUT2D eigenvalue weighted by Crippen LogP contribution is 2.31. The summed E-state index contributed by atoms with van der Waals surface area (Å²) in [6.45, 7) is 6.86. The average molecular weight is 696 g/mol. The van der Waals surface area contributed by atoms with Crippen LogP contribution in [0.4, 0.5) is 9.59 Å². The highest BCUT2D eigenvalue weighted by molar-refractivity contribution is 7.90. The molecule has 3 rings (SSSR count). The Hall–Kier alpha value is -3.39. The van der Waals surface area contributed by atoms with Gasteiger partial charge in [-0.05, 0) is 87.4 Å². The zero-order chi connectivity index (χ0) is 34.8. The number of ether oxygens (including phenoxy) is 4. The van der Waals surface area contributed by atoms with Gasteiger partial charge < -0.3 is 34.5 Å². The first-order chi connectivity index (χ1) is 22.1. The third kappa shape index (κ3) is 12.3. The van der Waals surface area contributed by atoms with Gasteiger partial charge in [0.2, 0.25) is 0 Å². The van der Waals surface area contributed by atoms with Crippen LogP contribution in [0.15, 0.2) is 47.4 Å². The number of likely N-dealkylation sites (N-methyl/N-ethyl adjacent to an activating group) is 1. The Morgan fingerprint density at radius 1 is 1.11 bits per heavy atom. The molecule has 0 spiro atoms. The van der Waals surface area contributed by atoms with Crippen molar-refractivity contribution in [3.63, 3.8) is 0 Å². The summed E-state index contributed by atoms with van der Waals surface area (Å²) in [6, 6.07) is 10.8. The summed E-state index contributed by atoms with van der Waals surface area (Å²) in [5.41, 5.74) is 0.388. The molecule has 260 valence electrons. The monoisotopic (exact) mass is 695 g/mol. The minimum Gasteiger partial charge on any atom is -0.453 e. The maximum Gasteiger partial charge on any atom is 0.410 e. The van der Waals surface area contributed by atoms with Crippen LogP contribution in [0.3, 0.4) is 0 Å². The van der Waals surface area contributed by atoms with Gasteiger partial charge in [-0.2, -0.15) is 0 Å². The third-order valence-electron chi connectivity index (χ3n) is 7.50. The summed E-state index contributed by atoms with van der Waals surface area (Å²) in [5, 5.41) is 5.88. The molecule has 1 saturated heterocycles. The molecule has 3 atom stereocenters. The molecule has 0 bridgehead atoms. The number of carbonyl (C=O) groups is 3. The average Bonchev–Trinajstić information content (AvgIpc) is 3.01. The fraction of sp³-hybridized carbons (Fsp3) is 0.545. The van der Waals surface area contributed by atoms with E-state index in [1.54, 1.807) is 58.2 Å². The maximum absolute atomic E-state index is 13.7. The van der Waals surface area contributed by atoms with E-state index < -0.39 is 45.7 Å². The first-order valence-electron chi connectivity index (χ1n) is 15.4. The van der Waals surface area contributed by atoms with Gasteiger partial charge in [0.15, 0.2) is 9.84 Å². The summed E-state index contributed by atoms with van der Waals surface area (Å²) in [4.78, 5) is 39.6. The van der Waals surface area contributed by atoms with E-state index >= 15 is 0 Å². The van der Waals surface area contributed by atoms with E-state index in [2.05, 4.69) is 15.4 Å². The van der Waals surface area contributed by atoms with E-state index in [4.69, 9.17) is 25.8 Å². The molecule has 3 amide bonds. The van der Waals surface area contributed by atoms with Crippen molar-refractivity contribution in [2.24, 2.45) is 5.92 Å². The molecule has 0 saturated carbocycles. The number of nitrogens with zero attached hydrogens (tertiary/aromatic N) is 1. The second kappa shape index (κ2) is 17.1. The molecule has 1 heterocycles. The lowest BCUT2D eigenvalue weighted by Crippen LogP contribution is -2.48. The maximum atomic E-state index is 13.7. The van der Waals surface area contributed by atoms with Crippen LogP contribution in [-0.4, -0.2) is 96.4 Å². The van der Waals surface area contributed by atoms with Crippen molar-refractivity contribution < 1.29 is 41.7 Å². The predicted octanol–water partition coefficient (Wildman–Crippen LogP) is 4.99. The summed E-state index contributed by atoms with van der Waals surface area (Å²) < 4.78 is 47.5. The number of benzene rings is 2. The number of alkyl carbamates (subject to hydrolysis) is 1. The lowest BCUT2D eigenvalue weighted by Gasteiger charge is -2.34. The van der Waals surface area contributed by atoms with Crippen molar-refractivity contribution in [3.8, 4) is 0 Å². The van der Waals surface area contributed by atoms with Crippen LogP contribution < -0.4 is 10.6 Å². The first kappa shape index (κ1) is 38.1. The number of halogens is 1. The van der Waals surface area contributed by atoms with E-state index in [0.29, 0.717) is 35.8 Å². The van der Waals surface area contributed by atoms with Gasteiger partial charge in [-0.25, -0.2) is 18.0 Å². The van der Waals surface area contributed by atoms with Crippen molar-refractivity contribution in [2.45, 2.75) is 62.7 Å². The van der Waals surface area contributed by atoms with E-state index in [1.165, 1.54) is 24.1 Å². The van der Waals surface area contributed by atoms with Gasteiger partial charge in [-0.3, -0.25) is 4.79 Å². The van der Waals surface area contributed by atoms with Crippen LogP contribution in [-0.2, 0) is 28.8 Å². The van der Waals surface area contributed by atoms with Crippen molar-refractivity contribution in [1.29, 1.82) is 0 Å². The number of nitrogens with one attached hydrogen (secondary N) is 2. The van der Waals surface area contributed by atoms with Crippen molar-refractivity contribution in [2.75, 3.05) is 53.3 Å². The van der Waals surface area contributed by atoms with Crippen LogP contribution in [0, 0.1) is 5.92 Å². The van der Waals surface area contributed by atoms with Crippen LogP contribution in [0.5, 0.6) is 0 Å². The Morgan fingerprint density at radius 3 is 2.47 bits per heavy atom. The molecule has 14 heteroatoms. The summed E-state index contributed by atoms with van der Waals surface area (Å²) >= 11 is 6.27. The molecule has 0 radical (unpaired) electrons. The minimum atomic E-state index is -3.76. The van der Waals surface area contributed by atoms with Gasteiger partial charge in [0.1, 0.15) is 11.7 Å². The Labute approximate surface area is 282 Å². The van der Waals surface area contributed by atoms with Crippen LogP contribution in [0.25, 0.3) is 0 Å². The topological polar surface area (TPSA) is 150 Å². The molecule has 12 nitrogen and oxygen atoms in total. The SMILES string of the molecule is COC(=O)NCCOC(c1cccc(Cl)c1)c1cc(C(=O)NC[C@H](C[C@H]2CCCOC2)N(C)C(=O)OC(C)(C)C)cc(S(C)(=O)=O)c1. The number of rotatable bonds is 13. The molecule has 47 heavy (non-hydrogen) atoms. The van der Waals surface area contributed by atoms with E-state index in [1.807, 2.05) is 0 Å². The Kier molecular flexibility index (Phi) is 13.9. The minimum absolute atomic E-state index is 0.0421. The number of amides is 3. The molecule has 0 aromatic heterocycles. The van der Waals surface area contributed by atoms with Gasteiger partial charge in [-0.1, -0.05) is 23.7 Å². The number of methoxy groups -OCH3 is 1. The Balaban J connectivity index is 1.92. The molecule has 2 N–H and O–H groups in total. The lowest BCUT2D eigenvalue weighted by molar-refractivity contribution is 0.0112. The molecule has 2 aromatic carbocycles. The second-order valence-corrected chi connectivity index (χ2v) is 15.0. The number of sulfone groups is 1. The van der Waals surface area contributed by atoms with Crippen molar-refractivity contribution in [3.05, 3.63) is 64.2 Å².